The van der Waals surface area contributed by atoms with E-state index in [0.29, 0.717) is 18.7 Å². The molecule has 0 bridgehead atoms. The van der Waals surface area contributed by atoms with E-state index in [4.69, 9.17) is 4.74 Å². The van der Waals surface area contributed by atoms with Crippen LogP contribution in [-0.2, 0) is 20.9 Å². The Bertz CT molecular complexity index is 882. The first-order valence-corrected chi connectivity index (χ1v) is 10.2. The molecule has 2 atom stereocenters. The standard InChI is InChI=1S/C23H26FN3O3/c1-25-20(28)16-30-22(21(25)18-7-9-19(24)10-8-18)23(29)27-13-11-26(12-14-27)15-17-5-3-2-4-6-17/h2-10,21-22H,11-16H2,1H3/t21-,22-/m1/s1. The van der Waals surface area contributed by atoms with Crippen LogP contribution in [0.15, 0.2) is 54.6 Å². The van der Waals surface area contributed by atoms with Crippen molar-refractivity contribution < 1.29 is 18.7 Å². The number of hydrogen-bond acceptors (Lipinski definition) is 4. The number of carbonyl (C=O) groups excluding carboxylic acids is 2. The van der Waals surface area contributed by atoms with Gasteiger partial charge in [-0.1, -0.05) is 42.5 Å². The molecule has 0 aromatic heterocycles. The van der Waals surface area contributed by atoms with Crippen molar-refractivity contribution in [2.75, 3.05) is 39.8 Å². The van der Waals surface area contributed by atoms with Crippen LogP contribution in [0, 0.1) is 5.82 Å². The van der Waals surface area contributed by atoms with Gasteiger partial charge in [0.05, 0.1) is 6.04 Å². The van der Waals surface area contributed by atoms with Gasteiger partial charge in [0.25, 0.3) is 5.91 Å². The first kappa shape index (κ1) is 20.5. The van der Waals surface area contributed by atoms with E-state index in [1.54, 1.807) is 19.2 Å². The van der Waals surface area contributed by atoms with Crippen LogP contribution in [0.1, 0.15) is 17.2 Å². The Hall–Kier alpha value is -2.77. The number of morpholine rings is 1. The Morgan fingerprint density at radius 1 is 1.03 bits per heavy atom. The average Bonchev–Trinajstić information content (AvgIpc) is 2.77. The van der Waals surface area contributed by atoms with Gasteiger partial charge in [-0.2, -0.15) is 0 Å². The molecule has 2 amide bonds. The van der Waals surface area contributed by atoms with Crippen LogP contribution in [-0.4, -0.2) is 72.5 Å². The van der Waals surface area contributed by atoms with E-state index >= 15 is 0 Å². The SMILES string of the molecule is CN1C(=O)CO[C@@H](C(=O)N2CCN(Cc3ccccc3)CC2)[C@H]1c1ccc(F)cc1. The monoisotopic (exact) mass is 411 g/mol. The fourth-order valence-electron chi connectivity index (χ4n) is 4.12. The third kappa shape index (κ3) is 4.37. The predicted molar refractivity (Wildman–Crippen MR) is 110 cm³/mol. The zero-order chi connectivity index (χ0) is 21.1. The number of ether oxygens (including phenoxy) is 1. The topological polar surface area (TPSA) is 53.1 Å². The minimum atomic E-state index is -0.793. The number of likely N-dealkylation sites (N-methyl/N-ethyl adjacent to an activating group) is 1. The second kappa shape index (κ2) is 8.93. The molecule has 7 heteroatoms. The van der Waals surface area contributed by atoms with Crippen LogP contribution >= 0.6 is 0 Å². The summed E-state index contributed by atoms with van der Waals surface area (Å²) < 4.78 is 19.1. The number of carbonyl (C=O) groups is 2. The van der Waals surface area contributed by atoms with Crippen LogP contribution in [0.25, 0.3) is 0 Å². The van der Waals surface area contributed by atoms with Gasteiger partial charge in [-0.25, -0.2) is 4.39 Å². The van der Waals surface area contributed by atoms with Crippen LogP contribution < -0.4 is 0 Å². The highest BCUT2D eigenvalue weighted by molar-refractivity contribution is 5.86. The summed E-state index contributed by atoms with van der Waals surface area (Å²) >= 11 is 0. The quantitative estimate of drug-likeness (QED) is 0.773. The number of nitrogens with zero attached hydrogens (tertiary/aromatic N) is 3. The van der Waals surface area contributed by atoms with Gasteiger partial charge < -0.3 is 14.5 Å². The Labute approximate surface area is 175 Å². The van der Waals surface area contributed by atoms with E-state index in [-0.39, 0.29) is 24.2 Å². The lowest BCUT2D eigenvalue weighted by Gasteiger charge is -2.42. The van der Waals surface area contributed by atoms with Gasteiger partial charge in [-0.3, -0.25) is 14.5 Å². The van der Waals surface area contributed by atoms with Crippen molar-refractivity contribution in [1.82, 2.24) is 14.7 Å². The van der Waals surface area contributed by atoms with Crippen LogP contribution in [0.3, 0.4) is 0 Å². The molecule has 2 aromatic rings. The maximum Gasteiger partial charge on any atom is 0.254 e. The molecule has 2 fully saturated rings. The molecule has 30 heavy (non-hydrogen) atoms. The van der Waals surface area contributed by atoms with E-state index in [1.165, 1.54) is 22.6 Å². The van der Waals surface area contributed by atoms with Crippen LogP contribution in [0.4, 0.5) is 4.39 Å². The lowest BCUT2D eigenvalue weighted by Crippen LogP contribution is -2.57. The molecule has 4 rings (SSSR count). The molecule has 2 aliphatic heterocycles. The normalized spacial score (nSPS) is 22.9. The summed E-state index contributed by atoms with van der Waals surface area (Å²) in [5.74, 6) is -0.675. The highest BCUT2D eigenvalue weighted by Crippen LogP contribution is 2.30. The third-order valence-corrected chi connectivity index (χ3v) is 5.87. The molecular weight excluding hydrogens is 385 g/mol. The average molecular weight is 411 g/mol. The van der Waals surface area contributed by atoms with Crippen LogP contribution in [0.2, 0.25) is 0 Å². The van der Waals surface area contributed by atoms with Crippen LogP contribution in [0.5, 0.6) is 0 Å². The molecule has 6 nitrogen and oxygen atoms in total. The van der Waals surface area contributed by atoms with Gasteiger partial charge >= 0.3 is 0 Å². The number of piperazine rings is 1. The van der Waals surface area contributed by atoms with Gasteiger partial charge in [-0.05, 0) is 23.3 Å². The largest absolute Gasteiger partial charge is 0.356 e. The predicted octanol–water partition coefficient (Wildman–Crippen LogP) is 2.07. The highest BCUT2D eigenvalue weighted by atomic mass is 19.1. The molecular formula is C23H26FN3O3. The Morgan fingerprint density at radius 3 is 2.37 bits per heavy atom. The molecule has 2 saturated heterocycles. The summed E-state index contributed by atoms with van der Waals surface area (Å²) in [6, 6.07) is 15.6. The zero-order valence-electron chi connectivity index (χ0n) is 17.0. The van der Waals surface area contributed by atoms with E-state index < -0.39 is 12.1 Å². The second-order valence-corrected chi connectivity index (χ2v) is 7.82. The van der Waals surface area contributed by atoms with Crippen molar-refractivity contribution in [3.63, 3.8) is 0 Å². The number of benzene rings is 2. The van der Waals surface area contributed by atoms with E-state index in [1.807, 2.05) is 23.1 Å². The number of halogens is 1. The Morgan fingerprint density at radius 2 is 1.70 bits per heavy atom. The minimum Gasteiger partial charge on any atom is -0.356 e. The maximum absolute atomic E-state index is 13.4. The van der Waals surface area contributed by atoms with Gasteiger partial charge in [0.15, 0.2) is 6.10 Å². The minimum absolute atomic E-state index is 0.122. The fraction of sp³-hybridized carbons (Fsp3) is 0.391. The van der Waals surface area contributed by atoms with E-state index in [0.717, 1.165) is 19.6 Å². The fourth-order valence-corrected chi connectivity index (χ4v) is 4.12. The summed E-state index contributed by atoms with van der Waals surface area (Å²) in [4.78, 5) is 31.2. The molecule has 0 N–H and O–H groups in total. The molecule has 0 radical (unpaired) electrons. The number of rotatable bonds is 4. The summed E-state index contributed by atoms with van der Waals surface area (Å²) in [5, 5.41) is 0. The number of hydrogen-bond donors (Lipinski definition) is 0. The zero-order valence-corrected chi connectivity index (χ0v) is 17.0. The first-order valence-electron chi connectivity index (χ1n) is 10.2. The summed E-state index contributed by atoms with van der Waals surface area (Å²) in [6.07, 6.45) is -0.793. The van der Waals surface area contributed by atoms with Crippen molar-refractivity contribution in [3.05, 3.63) is 71.5 Å². The molecule has 2 aromatic carbocycles. The number of amides is 2. The molecule has 2 aliphatic rings. The first-order chi connectivity index (χ1) is 14.5. The summed E-state index contributed by atoms with van der Waals surface area (Å²) in [7, 11) is 1.66. The molecule has 0 spiro atoms. The summed E-state index contributed by atoms with van der Waals surface area (Å²) in [6.45, 7) is 3.52. The van der Waals surface area contributed by atoms with Gasteiger partial charge in [-0.15, -0.1) is 0 Å². The Kier molecular flexibility index (Phi) is 6.11. The lowest BCUT2D eigenvalue weighted by atomic mass is 9.97. The van der Waals surface area contributed by atoms with E-state index in [9.17, 15) is 14.0 Å². The van der Waals surface area contributed by atoms with Gasteiger partial charge in [0.2, 0.25) is 5.91 Å². The maximum atomic E-state index is 13.4. The molecule has 0 aliphatic carbocycles. The lowest BCUT2D eigenvalue weighted by molar-refractivity contribution is -0.168. The Balaban J connectivity index is 1.43. The smallest absolute Gasteiger partial charge is 0.254 e. The van der Waals surface area contributed by atoms with Crippen molar-refractivity contribution >= 4 is 11.8 Å². The highest BCUT2D eigenvalue weighted by Gasteiger charge is 2.42. The molecule has 0 unspecified atom stereocenters. The van der Waals surface area contributed by atoms with Crippen molar-refractivity contribution in [2.45, 2.75) is 18.7 Å². The van der Waals surface area contributed by atoms with Crippen molar-refractivity contribution in [3.8, 4) is 0 Å². The van der Waals surface area contributed by atoms with Crippen molar-refractivity contribution in [1.29, 1.82) is 0 Å². The van der Waals surface area contributed by atoms with E-state index in [2.05, 4.69) is 17.0 Å². The third-order valence-electron chi connectivity index (χ3n) is 5.87. The summed E-state index contributed by atoms with van der Waals surface area (Å²) in [5.41, 5.74) is 1.94. The molecule has 2 heterocycles. The molecule has 158 valence electrons. The molecule has 0 saturated carbocycles. The van der Waals surface area contributed by atoms with Gasteiger partial charge in [0, 0.05) is 39.8 Å². The van der Waals surface area contributed by atoms with Crippen molar-refractivity contribution in [2.24, 2.45) is 0 Å². The second-order valence-electron chi connectivity index (χ2n) is 7.82. The van der Waals surface area contributed by atoms with Gasteiger partial charge in [0.1, 0.15) is 12.4 Å².